The van der Waals surface area contributed by atoms with Crippen molar-refractivity contribution in [1.82, 2.24) is 0 Å². The number of rotatable bonds is 14. The SMILES string of the molecule is ClCCO[C@H](CCCl)CSC[C@@H](CCCl)OCCCl. The van der Waals surface area contributed by atoms with Gasteiger partial charge in [-0.25, -0.2) is 0 Å². The van der Waals surface area contributed by atoms with Crippen LogP contribution in [0.2, 0.25) is 0 Å². The number of hydrogen-bond donors (Lipinski definition) is 0. The van der Waals surface area contributed by atoms with Gasteiger partial charge in [0, 0.05) is 35.0 Å². The highest BCUT2D eigenvalue weighted by Crippen LogP contribution is 2.15. The Morgan fingerprint density at radius 2 is 1.11 bits per heavy atom. The summed E-state index contributed by atoms with van der Waals surface area (Å²) in [5.41, 5.74) is 0. The molecule has 0 aliphatic carbocycles. The molecule has 0 fully saturated rings. The molecule has 0 saturated heterocycles. The first kappa shape index (κ1) is 20.4. The van der Waals surface area contributed by atoms with Crippen molar-refractivity contribution in [1.29, 1.82) is 0 Å². The Kier molecular flexibility index (Phi) is 17.0. The molecule has 0 radical (unpaired) electrons. The molecule has 0 aliphatic heterocycles. The predicted molar refractivity (Wildman–Crippen MR) is 88.9 cm³/mol. The quantitative estimate of drug-likeness (QED) is 0.426. The van der Waals surface area contributed by atoms with Crippen LogP contribution in [0, 0.1) is 0 Å². The highest BCUT2D eigenvalue weighted by atomic mass is 35.5. The number of thioether (sulfide) groups is 1. The van der Waals surface area contributed by atoms with Crippen LogP contribution in [0.25, 0.3) is 0 Å². The summed E-state index contributed by atoms with van der Waals surface area (Å²) in [6, 6.07) is 0. The fourth-order valence-electron chi connectivity index (χ4n) is 1.43. The second-order valence-corrected chi connectivity index (χ2v) is 6.44. The molecule has 0 spiro atoms. The molecule has 2 nitrogen and oxygen atoms in total. The summed E-state index contributed by atoms with van der Waals surface area (Å²) in [6.07, 6.45) is 2.00. The van der Waals surface area contributed by atoms with E-state index >= 15 is 0 Å². The first-order valence-corrected chi connectivity index (χ1v) is 9.62. The van der Waals surface area contributed by atoms with E-state index in [0.29, 0.717) is 36.7 Å². The van der Waals surface area contributed by atoms with Crippen LogP contribution in [0.3, 0.4) is 0 Å². The van der Waals surface area contributed by atoms with Crippen LogP contribution in [0.1, 0.15) is 12.8 Å². The zero-order valence-electron chi connectivity index (χ0n) is 11.0. The monoisotopic (exact) mass is 370 g/mol. The molecule has 0 aromatic heterocycles. The average Bonchev–Trinajstić information content (AvgIpc) is 2.42. The van der Waals surface area contributed by atoms with E-state index in [0.717, 1.165) is 24.3 Å². The molecule has 19 heavy (non-hydrogen) atoms. The van der Waals surface area contributed by atoms with Crippen molar-refractivity contribution in [3.63, 3.8) is 0 Å². The minimum absolute atomic E-state index is 0.158. The van der Waals surface area contributed by atoms with E-state index in [9.17, 15) is 0 Å². The Morgan fingerprint density at radius 1 is 0.684 bits per heavy atom. The number of hydrogen-bond acceptors (Lipinski definition) is 3. The minimum atomic E-state index is 0.158. The van der Waals surface area contributed by atoms with Crippen LogP contribution in [0.4, 0.5) is 0 Å². The van der Waals surface area contributed by atoms with E-state index in [-0.39, 0.29) is 12.2 Å². The van der Waals surface area contributed by atoms with Gasteiger partial charge in [-0.15, -0.1) is 46.4 Å². The maximum atomic E-state index is 5.76. The van der Waals surface area contributed by atoms with Gasteiger partial charge in [0.2, 0.25) is 0 Å². The van der Waals surface area contributed by atoms with Crippen LogP contribution in [0.5, 0.6) is 0 Å². The van der Waals surface area contributed by atoms with E-state index in [4.69, 9.17) is 55.9 Å². The van der Waals surface area contributed by atoms with Gasteiger partial charge in [-0.2, -0.15) is 11.8 Å². The Labute approximate surface area is 140 Å². The molecule has 0 amide bonds. The van der Waals surface area contributed by atoms with Gasteiger partial charge in [-0.1, -0.05) is 0 Å². The zero-order valence-corrected chi connectivity index (χ0v) is 14.8. The fraction of sp³-hybridized carbons (Fsp3) is 1.00. The largest absolute Gasteiger partial charge is 0.376 e. The van der Waals surface area contributed by atoms with Gasteiger partial charge in [0.25, 0.3) is 0 Å². The first-order valence-electron chi connectivity index (χ1n) is 6.33. The van der Waals surface area contributed by atoms with Crippen LogP contribution < -0.4 is 0 Å². The first-order chi connectivity index (χ1) is 9.28. The maximum Gasteiger partial charge on any atom is 0.0677 e. The molecule has 7 heteroatoms. The van der Waals surface area contributed by atoms with E-state index in [1.54, 1.807) is 11.8 Å². The topological polar surface area (TPSA) is 18.5 Å². The van der Waals surface area contributed by atoms with Crippen molar-refractivity contribution >= 4 is 58.2 Å². The molecule has 0 unspecified atom stereocenters. The zero-order chi connectivity index (χ0) is 14.3. The van der Waals surface area contributed by atoms with Gasteiger partial charge >= 0.3 is 0 Å². The number of ether oxygens (including phenoxy) is 2. The lowest BCUT2D eigenvalue weighted by molar-refractivity contribution is 0.0756. The lowest BCUT2D eigenvalue weighted by atomic mass is 10.3. The second kappa shape index (κ2) is 15.8. The van der Waals surface area contributed by atoms with E-state index in [1.165, 1.54) is 0 Å². The van der Waals surface area contributed by atoms with E-state index in [1.807, 2.05) is 0 Å². The Bertz CT molecular complexity index is 171. The van der Waals surface area contributed by atoms with Gasteiger partial charge in [0.1, 0.15) is 0 Å². The van der Waals surface area contributed by atoms with Crippen LogP contribution in [0.15, 0.2) is 0 Å². The summed E-state index contributed by atoms with van der Waals surface area (Å²) in [5, 5.41) is 0. The maximum absolute atomic E-state index is 5.76. The fourth-order valence-corrected chi connectivity index (χ4v) is 3.28. The Hall–Kier alpha value is 1.43. The van der Waals surface area contributed by atoms with Crippen molar-refractivity contribution < 1.29 is 9.47 Å². The smallest absolute Gasteiger partial charge is 0.0677 e. The van der Waals surface area contributed by atoms with Gasteiger partial charge in [-0.3, -0.25) is 0 Å². The van der Waals surface area contributed by atoms with E-state index < -0.39 is 0 Å². The summed E-state index contributed by atoms with van der Waals surface area (Å²) in [7, 11) is 0. The Morgan fingerprint density at radius 3 is 1.42 bits per heavy atom. The molecular formula is C12H22Cl4O2S. The highest BCUT2D eigenvalue weighted by Gasteiger charge is 2.12. The summed E-state index contributed by atoms with van der Waals surface area (Å²) in [4.78, 5) is 0. The second-order valence-electron chi connectivity index (χ2n) is 3.86. The van der Waals surface area contributed by atoms with E-state index in [2.05, 4.69) is 0 Å². The van der Waals surface area contributed by atoms with Crippen LogP contribution in [-0.2, 0) is 9.47 Å². The number of halogens is 4. The lowest BCUT2D eigenvalue weighted by Gasteiger charge is -2.19. The van der Waals surface area contributed by atoms with Crippen molar-refractivity contribution in [3.8, 4) is 0 Å². The normalized spacial score (nSPS) is 14.5. The van der Waals surface area contributed by atoms with Crippen LogP contribution >= 0.6 is 58.2 Å². The molecule has 0 aliphatic rings. The Balaban J connectivity index is 3.83. The summed E-state index contributed by atoms with van der Waals surface area (Å²) >= 11 is 24.5. The van der Waals surface area contributed by atoms with Crippen molar-refractivity contribution in [2.24, 2.45) is 0 Å². The molecule has 116 valence electrons. The molecule has 0 rings (SSSR count). The molecule has 0 aromatic carbocycles. The number of alkyl halides is 4. The molecule has 0 heterocycles. The summed E-state index contributed by atoms with van der Waals surface area (Å²) < 4.78 is 11.3. The standard InChI is InChI=1S/C12H22Cl4O2S/c13-3-1-11(17-7-5-15)9-19-10-12(2-4-14)18-8-6-16/h11-12H,1-10H2/t11-,12-/m1/s1. The summed E-state index contributed by atoms with van der Waals surface area (Å²) in [6.45, 7) is 1.13. The highest BCUT2D eigenvalue weighted by molar-refractivity contribution is 7.99. The van der Waals surface area contributed by atoms with Crippen molar-refractivity contribution in [2.75, 3.05) is 48.2 Å². The third-order valence-electron chi connectivity index (χ3n) is 2.33. The molecule has 0 saturated carbocycles. The van der Waals surface area contributed by atoms with Gasteiger partial charge in [0.15, 0.2) is 0 Å². The van der Waals surface area contributed by atoms with Crippen LogP contribution in [-0.4, -0.2) is 60.4 Å². The molecular weight excluding hydrogens is 350 g/mol. The van der Waals surface area contributed by atoms with Crippen molar-refractivity contribution in [3.05, 3.63) is 0 Å². The van der Waals surface area contributed by atoms with Crippen molar-refractivity contribution in [2.45, 2.75) is 25.0 Å². The minimum Gasteiger partial charge on any atom is -0.376 e. The lowest BCUT2D eigenvalue weighted by Crippen LogP contribution is -2.22. The average molecular weight is 372 g/mol. The third kappa shape index (κ3) is 12.9. The molecule has 0 bridgehead atoms. The third-order valence-corrected chi connectivity index (χ3v) is 4.29. The molecule has 0 N–H and O–H groups in total. The summed E-state index contributed by atoms with van der Waals surface area (Å²) in [5.74, 6) is 4.01. The van der Waals surface area contributed by atoms with Gasteiger partial charge in [-0.05, 0) is 12.8 Å². The van der Waals surface area contributed by atoms with Gasteiger partial charge < -0.3 is 9.47 Å². The molecule has 2 atom stereocenters. The molecule has 0 aromatic rings. The van der Waals surface area contributed by atoms with Gasteiger partial charge in [0.05, 0.1) is 25.4 Å². The predicted octanol–water partition coefficient (Wildman–Crippen LogP) is 4.23.